The van der Waals surface area contributed by atoms with Crippen LogP contribution in [-0.2, 0) is 4.74 Å². The molecule has 0 N–H and O–H groups in total. The lowest BCUT2D eigenvalue weighted by Crippen LogP contribution is -2.44. The summed E-state index contributed by atoms with van der Waals surface area (Å²) in [5, 5.41) is 1.97. The standard InChI is InChI=1S/C15H22O2S/c1-4-17-15(7-5-11(2)6-8-15)14(16)13-9-12(3)18-10-13/h9-11H,4-8H2,1-3H3. The zero-order valence-electron chi connectivity index (χ0n) is 11.5. The third-order valence-electron chi connectivity index (χ3n) is 3.91. The predicted octanol–water partition coefficient (Wildman–Crippen LogP) is 4.22. The third kappa shape index (κ3) is 2.67. The summed E-state index contributed by atoms with van der Waals surface area (Å²) >= 11 is 1.64. The molecule has 0 saturated heterocycles. The number of hydrogen-bond donors (Lipinski definition) is 0. The second kappa shape index (κ2) is 5.54. The van der Waals surface area contributed by atoms with Crippen molar-refractivity contribution in [3.05, 3.63) is 21.9 Å². The zero-order chi connectivity index (χ0) is 13.2. The van der Waals surface area contributed by atoms with E-state index in [1.807, 2.05) is 25.3 Å². The van der Waals surface area contributed by atoms with Crippen LogP contribution in [0.5, 0.6) is 0 Å². The average molecular weight is 266 g/mol. The smallest absolute Gasteiger partial charge is 0.195 e. The van der Waals surface area contributed by atoms with Crippen molar-refractivity contribution in [2.45, 2.75) is 52.1 Å². The maximum absolute atomic E-state index is 12.7. The van der Waals surface area contributed by atoms with Crippen molar-refractivity contribution < 1.29 is 9.53 Å². The fraction of sp³-hybridized carbons (Fsp3) is 0.667. The summed E-state index contributed by atoms with van der Waals surface area (Å²) < 4.78 is 5.90. The van der Waals surface area contributed by atoms with Crippen molar-refractivity contribution >= 4 is 17.1 Å². The molecule has 0 unspecified atom stereocenters. The maximum Gasteiger partial charge on any atom is 0.195 e. The lowest BCUT2D eigenvalue weighted by Gasteiger charge is -2.37. The van der Waals surface area contributed by atoms with Crippen LogP contribution in [-0.4, -0.2) is 18.0 Å². The molecule has 0 amide bonds. The number of carbonyl (C=O) groups excluding carboxylic acids is 1. The Kier molecular flexibility index (Phi) is 4.23. The van der Waals surface area contributed by atoms with E-state index in [4.69, 9.17) is 4.74 Å². The molecule has 1 heterocycles. The topological polar surface area (TPSA) is 26.3 Å². The third-order valence-corrected chi connectivity index (χ3v) is 4.77. The van der Waals surface area contributed by atoms with Gasteiger partial charge in [-0.2, -0.15) is 0 Å². The van der Waals surface area contributed by atoms with Gasteiger partial charge >= 0.3 is 0 Å². The predicted molar refractivity (Wildman–Crippen MR) is 75.4 cm³/mol. The van der Waals surface area contributed by atoms with Crippen molar-refractivity contribution in [3.63, 3.8) is 0 Å². The molecule has 100 valence electrons. The largest absolute Gasteiger partial charge is 0.367 e. The SMILES string of the molecule is CCOC1(C(=O)c2csc(C)c2)CCC(C)CC1. The van der Waals surface area contributed by atoms with Crippen LogP contribution in [0.25, 0.3) is 0 Å². The van der Waals surface area contributed by atoms with E-state index >= 15 is 0 Å². The molecular weight excluding hydrogens is 244 g/mol. The molecule has 0 atom stereocenters. The fourth-order valence-electron chi connectivity index (χ4n) is 2.77. The van der Waals surface area contributed by atoms with Crippen molar-refractivity contribution in [1.82, 2.24) is 0 Å². The number of carbonyl (C=O) groups is 1. The minimum Gasteiger partial charge on any atom is -0.367 e. The van der Waals surface area contributed by atoms with Crippen molar-refractivity contribution in [3.8, 4) is 0 Å². The molecule has 0 radical (unpaired) electrons. The molecule has 1 aliphatic carbocycles. The van der Waals surface area contributed by atoms with E-state index in [9.17, 15) is 4.79 Å². The fourth-order valence-corrected chi connectivity index (χ4v) is 3.45. The zero-order valence-corrected chi connectivity index (χ0v) is 12.3. The lowest BCUT2D eigenvalue weighted by atomic mass is 9.76. The molecule has 1 aromatic heterocycles. The van der Waals surface area contributed by atoms with Gasteiger partial charge in [-0.15, -0.1) is 11.3 Å². The Bertz CT molecular complexity index is 414. The number of aryl methyl sites for hydroxylation is 1. The molecule has 3 heteroatoms. The van der Waals surface area contributed by atoms with Crippen molar-refractivity contribution in [1.29, 1.82) is 0 Å². The number of hydrogen-bond acceptors (Lipinski definition) is 3. The molecule has 0 aromatic carbocycles. The van der Waals surface area contributed by atoms with Crippen molar-refractivity contribution in [2.75, 3.05) is 6.61 Å². The minimum absolute atomic E-state index is 0.195. The first-order valence-corrected chi connectivity index (χ1v) is 7.69. The second-order valence-electron chi connectivity index (χ2n) is 5.38. The van der Waals surface area contributed by atoms with Crippen LogP contribution >= 0.6 is 11.3 Å². The number of ether oxygens (including phenoxy) is 1. The summed E-state index contributed by atoms with van der Waals surface area (Å²) in [5.41, 5.74) is 0.287. The Morgan fingerprint density at radius 1 is 1.50 bits per heavy atom. The molecule has 1 saturated carbocycles. The molecule has 0 aliphatic heterocycles. The summed E-state index contributed by atoms with van der Waals surface area (Å²) in [6, 6.07) is 1.99. The summed E-state index contributed by atoms with van der Waals surface area (Å²) in [5.74, 6) is 0.913. The number of ketones is 1. The molecular formula is C15H22O2S. The Hall–Kier alpha value is -0.670. The van der Waals surface area contributed by atoms with Crippen LogP contribution in [0.4, 0.5) is 0 Å². The second-order valence-corrected chi connectivity index (χ2v) is 6.50. The van der Waals surface area contributed by atoms with Gasteiger partial charge in [0.1, 0.15) is 5.60 Å². The van der Waals surface area contributed by atoms with E-state index in [1.165, 1.54) is 4.88 Å². The van der Waals surface area contributed by atoms with Gasteiger partial charge in [0.05, 0.1) is 0 Å². The van der Waals surface area contributed by atoms with Gasteiger partial charge in [-0.05, 0) is 51.5 Å². The summed E-state index contributed by atoms with van der Waals surface area (Å²) in [4.78, 5) is 13.9. The normalized spacial score (nSPS) is 28.3. The summed E-state index contributed by atoms with van der Waals surface area (Å²) in [6.45, 7) is 6.89. The van der Waals surface area contributed by atoms with Crippen LogP contribution in [0, 0.1) is 12.8 Å². The van der Waals surface area contributed by atoms with E-state index in [0.29, 0.717) is 6.61 Å². The molecule has 1 aliphatic rings. The summed E-state index contributed by atoms with van der Waals surface area (Å²) in [7, 11) is 0. The van der Waals surface area contributed by atoms with Gasteiger partial charge in [0.15, 0.2) is 5.78 Å². The van der Waals surface area contributed by atoms with E-state index < -0.39 is 5.60 Å². The van der Waals surface area contributed by atoms with Crippen LogP contribution in [0.2, 0.25) is 0 Å². The Morgan fingerprint density at radius 3 is 2.67 bits per heavy atom. The van der Waals surface area contributed by atoms with Crippen LogP contribution in [0.3, 0.4) is 0 Å². The molecule has 18 heavy (non-hydrogen) atoms. The van der Waals surface area contributed by atoms with Crippen LogP contribution < -0.4 is 0 Å². The average Bonchev–Trinajstić information content (AvgIpc) is 2.78. The monoisotopic (exact) mass is 266 g/mol. The van der Waals surface area contributed by atoms with Gasteiger partial charge in [-0.3, -0.25) is 4.79 Å². The quantitative estimate of drug-likeness (QED) is 0.762. The summed E-state index contributed by atoms with van der Waals surface area (Å²) in [6.07, 6.45) is 3.93. The molecule has 1 fully saturated rings. The molecule has 2 nitrogen and oxygen atoms in total. The van der Waals surface area contributed by atoms with E-state index in [2.05, 4.69) is 6.92 Å². The Labute approximate surface area is 113 Å². The first-order valence-electron chi connectivity index (χ1n) is 6.81. The molecule has 2 rings (SSSR count). The van der Waals surface area contributed by atoms with E-state index in [0.717, 1.165) is 37.2 Å². The first kappa shape index (κ1) is 13.8. The maximum atomic E-state index is 12.7. The van der Waals surface area contributed by atoms with E-state index in [-0.39, 0.29) is 5.78 Å². The highest BCUT2D eigenvalue weighted by Gasteiger charge is 2.42. The minimum atomic E-state index is -0.547. The molecule has 0 spiro atoms. The van der Waals surface area contributed by atoms with Crippen LogP contribution in [0.1, 0.15) is 54.8 Å². The lowest BCUT2D eigenvalue weighted by molar-refractivity contribution is -0.0473. The number of thiophene rings is 1. The Balaban J connectivity index is 2.22. The van der Waals surface area contributed by atoms with Gasteiger partial charge < -0.3 is 4.74 Å². The van der Waals surface area contributed by atoms with Gasteiger partial charge in [0.2, 0.25) is 0 Å². The van der Waals surface area contributed by atoms with Gasteiger partial charge in [-0.25, -0.2) is 0 Å². The van der Waals surface area contributed by atoms with Crippen LogP contribution in [0.15, 0.2) is 11.4 Å². The van der Waals surface area contributed by atoms with E-state index in [1.54, 1.807) is 11.3 Å². The number of Topliss-reactive ketones (excluding diaryl/α,β-unsaturated/α-hetero) is 1. The molecule has 1 aromatic rings. The van der Waals surface area contributed by atoms with Gasteiger partial charge in [-0.1, -0.05) is 6.92 Å². The molecule has 0 bridgehead atoms. The Morgan fingerprint density at radius 2 is 2.17 bits per heavy atom. The highest BCUT2D eigenvalue weighted by Crippen LogP contribution is 2.37. The van der Waals surface area contributed by atoms with Gasteiger partial charge in [0, 0.05) is 22.4 Å². The van der Waals surface area contributed by atoms with Crippen molar-refractivity contribution in [2.24, 2.45) is 5.92 Å². The first-order chi connectivity index (χ1) is 8.57. The van der Waals surface area contributed by atoms with Gasteiger partial charge in [0.25, 0.3) is 0 Å². The number of rotatable bonds is 4. The highest BCUT2D eigenvalue weighted by molar-refractivity contribution is 7.10. The highest BCUT2D eigenvalue weighted by atomic mass is 32.1.